The van der Waals surface area contributed by atoms with Crippen LogP contribution in [0.2, 0.25) is 0 Å². The Morgan fingerprint density at radius 3 is 2.68 bits per heavy atom. The van der Waals surface area contributed by atoms with Crippen LogP contribution in [0.3, 0.4) is 0 Å². The summed E-state index contributed by atoms with van der Waals surface area (Å²) in [4.78, 5) is 35.2. The molecule has 1 saturated carbocycles. The number of esters is 1. The molecule has 3 atom stereocenters. The van der Waals surface area contributed by atoms with Gasteiger partial charge in [0.2, 0.25) is 5.91 Å². The SMILES string of the molecule is CC(=O)Nc1cccc(C(=O)OCC(=O)N[C@@H]2CCC[C@H](C)[C@H]2C)c1. The lowest BCUT2D eigenvalue weighted by molar-refractivity contribution is -0.125. The number of rotatable bonds is 5. The molecule has 0 spiro atoms. The van der Waals surface area contributed by atoms with Gasteiger partial charge in [0.15, 0.2) is 6.61 Å². The van der Waals surface area contributed by atoms with Crippen molar-refractivity contribution >= 4 is 23.5 Å². The predicted octanol–water partition coefficient (Wildman–Crippen LogP) is 2.74. The molecule has 6 heteroatoms. The monoisotopic (exact) mass is 346 g/mol. The molecule has 2 N–H and O–H groups in total. The second-order valence-corrected chi connectivity index (χ2v) is 6.78. The van der Waals surface area contributed by atoms with Gasteiger partial charge in [-0.2, -0.15) is 0 Å². The minimum absolute atomic E-state index is 0.137. The highest BCUT2D eigenvalue weighted by Gasteiger charge is 2.28. The number of carbonyl (C=O) groups is 3. The van der Waals surface area contributed by atoms with E-state index >= 15 is 0 Å². The summed E-state index contributed by atoms with van der Waals surface area (Å²) in [5.74, 6) is -0.0914. The maximum atomic E-state index is 12.1. The molecule has 2 amide bonds. The van der Waals surface area contributed by atoms with E-state index in [-0.39, 0.29) is 24.5 Å². The molecule has 1 aromatic carbocycles. The lowest BCUT2D eigenvalue weighted by Gasteiger charge is -2.34. The summed E-state index contributed by atoms with van der Waals surface area (Å²) >= 11 is 0. The van der Waals surface area contributed by atoms with Crippen LogP contribution in [0.15, 0.2) is 24.3 Å². The number of amides is 2. The van der Waals surface area contributed by atoms with E-state index in [4.69, 9.17) is 4.74 Å². The molecule has 0 heterocycles. The van der Waals surface area contributed by atoms with Crippen molar-refractivity contribution in [3.63, 3.8) is 0 Å². The van der Waals surface area contributed by atoms with Crippen molar-refractivity contribution in [2.45, 2.75) is 46.1 Å². The van der Waals surface area contributed by atoms with Gasteiger partial charge in [-0.3, -0.25) is 9.59 Å². The number of ether oxygens (including phenoxy) is 1. The number of hydrogen-bond donors (Lipinski definition) is 2. The van der Waals surface area contributed by atoms with Gasteiger partial charge in [0.1, 0.15) is 0 Å². The molecule has 1 fully saturated rings. The molecule has 0 aliphatic heterocycles. The lowest BCUT2D eigenvalue weighted by Crippen LogP contribution is -2.45. The Bertz CT molecular complexity index is 644. The van der Waals surface area contributed by atoms with Crippen LogP contribution >= 0.6 is 0 Å². The predicted molar refractivity (Wildman–Crippen MR) is 95.1 cm³/mol. The Balaban J connectivity index is 1.85. The molecule has 0 saturated heterocycles. The van der Waals surface area contributed by atoms with Gasteiger partial charge in [0.05, 0.1) is 5.56 Å². The second-order valence-electron chi connectivity index (χ2n) is 6.78. The third-order valence-electron chi connectivity index (χ3n) is 4.81. The summed E-state index contributed by atoms with van der Waals surface area (Å²) in [6.45, 7) is 5.43. The van der Waals surface area contributed by atoms with Crippen LogP contribution in [0.1, 0.15) is 50.4 Å². The van der Waals surface area contributed by atoms with Crippen molar-refractivity contribution in [1.29, 1.82) is 0 Å². The van der Waals surface area contributed by atoms with Gasteiger partial charge in [-0.05, 0) is 36.5 Å². The first kappa shape index (κ1) is 19.0. The second kappa shape index (κ2) is 8.65. The molecular weight excluding hydrogens is 320 g/mol. The number of anilines is 1. The largest absolute Gasteiger partial charge is 0.452 e. The van der Waals surface area contributed by atoms with Crippen molar-refractivity contribution < 1.29 is 19.1 Å². The fraction of sp³-hybridized carbons (Fsp3) is 0.526. The van der Waals surface area contributed by atoms with Crippen LogP contribution in [-0.4, -0.2) is 30.4 Å². The standard InChI is InChI=1S/C19H26N2O4/c1-12-6-4-9-17(13(12)2)21-18(23)11-25-19(24)15-7-5-8-16(10-15)20-14(3)22/h5,7-8,10,12-13,17H,4,6,9,11H2,1-3H3,(H,20,22)(H,21,23)/t12-,13+,17+/m0/s1. The average molecular weight is 346 g/mol. The highest BCUT2D eigenvalue weighted by atomic mass is 16.5. The number of benzene rings is 1. The minimum Gasteiger partial charge on any atom is -0.452 e. The Labute approximate surface area is 148 Å². The normalized spacial score (nSPS) is 22.8. The maximum Gasteiger partial charge on any atom is 0.338 e. The molecule has 6 nitrogen and oxygen atoms in total. The Morgan fingerprint density at radius 1 is 1.20 bits per heavy atom. The fourth-order valence-electron chi connectivity index (χ4n) is 3.18. The molecule has 0 unspecified atom stereocenters. The van der Waals surface area contributed by atoms with Crippen molar-refractivity contribution in [1.82, 2.24) is 5.32 Å². The van der Waals surface area contributed by atoms with Gasteiger partial charge in [0.25, 0.3) is 5.91 Å². The van der Waals surface area contributed by atoms with E-state index in [1.165, 1.54) is 19.4 Å². The Hall–Kier alpha value is -2.37. The van der Waals surface area contributed by atoms with Gasteiger partial charge in [-0.1, -0.05) is 32.8 Å². The molecule has 1 aromatic rings. The zero-order chi connectivity index (χ0) is 18.4. The van der Waals surface area contributed by atoms with E-state index in [1.54, 1.807) is 18.2 Å². The zero-order valence-electron chi connectivity index (χ0n) is 15.0. The molecular formula is C19H26N2O4. The van der Waals surface area contributed by atoms with Gasteiger partial charge in [-0.25, -0.2) is 4.79 Å². The van der Waals surface area contributed by atoms with Crippen LogP contribution in [0.5, 0.6) is 0 Å². The summed E-state index contributed by atoms with van der Waals surface area (Å²) in [7, 11) is 0. The molecule has 0 radical (unpaired) electrons. The lowest BCUT2D eigenvalue weighted by atomic mass is 9.78. The smallest absolute Gasteiger partial charge is 0.338 e. The van der Waals surface area contributed by atoms with Crippen LogP contribution in [0.4, 0.5) is 5.69 Å². The summed E-state index contributed by atoms with van der Waals surface area (Å²) in [6, 6.07) is 6.56. The number of hydrogen-bond acceptors (Lipinski definition) is 4. The molecule has 0 aromatic heterocycles. The molecule has 1 aliphatic carbocycles. The van der Waals surface area contributed by atoms with E-state index in [0.717, 1.165) is 12.8 Å². The molecule has 1 aliphatic rings. The average Bonchev–Trinajstić information content (AvgIpc) is 2.56. The third kappa shape index (κ3) is 5.59. The summed E-state index contributed by atoms with van der Waals surface area (Å²) < 4.78 is 5.09. The van der Waals surface area contributed by atoms with E-state index in [0.29, 0.717) is 23.1 Å². The summed E-state index contributed by atoms with van der Waals surface area (Å²) in [5, 5.41) is 5.57. The third-order valence-corrected chi connectivity index (χ3v) is 4.81. The quantitative estimate of drug-likeness (QED) is 0.803. The Kier molecular flexibility index (Phi) is 6.56. The highest BCUT2D eigenvalue weighted by Crippen LogP contribution is 2.29. The highest BCUT2D eigenvalue weighted by molar-refractivity contribution is 5.94. The topological polar surface area (TPSA) is 84.5 Å². The van der Waals surface area contributed by atoms with Crippen molar-refractivity contribution in [3.8, 4) is 0 Å². The van der Waals surface area contributed by atoms with Crippen LogP contribution in [0, 0.1) is 11.8 Å². The van der Waals surface area contributed by atoms with Gasteiger partial charge >= 0.3 is 5.97 Å². The fourth-order valence-corrected chi connectivity index (χ4v) is 3.18. The number of carbonyl (C=O) groups excluding carboxylic acids is 3. The molecule has 25 heavy (non-hydrogen) atoms. The maximum absolute atomic E-state index is 12.1. The number of nitrogens with one attached hydrogen (secondary N) is 2. The summed E-state index contributed by atoms with van der Waals surface area (Å²) in [5.41, 5.74) is 0.801. The minimum atomic E-state index is -0.590. The first-order valence-corrected chi connectivity index (χ1v) is 8.71. The molecule has 0 bridgehead atoms. The zero-order valence-corrected chi connectivity index (χ0v) is 15.0. The van der Waals surface area contributed by atoms with E-state index in [9.17, 15) is 14.4 Å². The van der Waals surface area contributed by atoms with Crippen LogP contribution in [0.25, 0.3) is 0 Å². The van der Waals surface area contributed by atoms with E-state index in [1.807, 2.05) is 0 Å². The van der Waals surface area contributed by atoms with Gasteiger partial charge in [0, 0.05) is 18.7 Å². The van der Waals surface area contributed by atoms with Crippen LogP contribution in [-0.2, 0) is 14.3 Å². The Morgan fingerprint density at radius 2 is 1.96 bits per heavy atom. The first-order valence-electron chi connectivity index (χ1n) is 8.71. The van der Waals surface area contributed by atoms with E-state index < -0.39 is 5.97 Å². The van der Waals surface area contributed by atoms with Crippen molar-refractivity contribution in [2.24, 2.45) is 11.8 Å². The first-order chi connectivity index (χ1) is 11.9. The summed E-state index contributed by atoms with van der Waals surface area (Å²) in [6.07, 6.45) is 3.25. The van der Waals surface area contributed by atoms with E-state index in [2.05, 4.69) is 24.5 Å². The van der Waals surface area contributed by atoms with Crippen LogP contribution < -0.4 is 10.6 Å². The van der Waals surface area contributed by atoms with Crippen molar-refractivity contribution in [3.05, 3.63) is 29.8 Å². The molecule has 136 valence electrons. The van der Waals surface area contributed by atoms with Gasteiger partial charge < -0.3 is 15.4 Å². The van der Waals surface area contributed by atoms with Crippen molar-refractivity contribution in [2.75, 3.05) is 11.9 Å². The van der Waals surface area contributed by atoms with Gasteiger partial charge in [-0.15, -0.1) is 0 Å². The molecule has 2 rings (SSSR count).